The van der Waals surface area contributed by atoms with Gasteiger partial charge in [0.05, 0.1) is 6.42 Å². The molecule has 3 aromatic rings. The number of rotatable bonds is 7. The molecule has 2 atom stereocenters. The average Bonchev–Trinajstić information content (AvgIpc) is 2.89. The number of carbonyl (C=O) groups excluding carboxylic acids is 2. The van der Waals surface area contributed by atoms with Gasteiger partial charge in [-0.15, -0.1) is 11.8 Å². The number of carboxylic acids is 1. The van der Waals surface area contributed by atoms with Crippen molar-refractivity contribution in [3.05, 3.63) is 119 Å². The van der Waals surface area contributed by atoms with Crippen LogP contribution in [-0.4, -0.2) is 45.0 Å². The van der Waals surface area contributed by atoms with Gasteiger partial charge in [-0.2, -0.15) is 0 Å². The summed E-state index contributed by atoms with van der Waals surface area (Å²) in [6, 6.07) is 26.7. The van der Waals surface area contributed by atoms with E-state index in [1.165, 1.54) is 11.8 Å². The Morgan fingerprint density at radius 3 is 2.00 bits per heavy atom. The predicted octanol–water partition coefficient (Wildman–Crippen LogP) is 3.58. The highest BCUT2D eigenvalue weighted by Gasteiger charge is 2.58. The van der Waals surface area contributed by atoms with Gasteiger partial charge in [-0.1, -0.05) is 97.1 Å². The summed E-state index contributed by atoms with van der Waals surface area (Å²) < 4.78 is 0. The molecule has 2 heterocycles. The summed E-state index contributed by atoms with van der Waals surface area (Å²) in [7, 11) is 0. The largest absolute Gasteiger partial charge is 0.480 e. The van der Waals surface area contributed by atoms with E-state index in [0.29, 0.717) is 22.6 Å². The number of carbonyl (C=O) groups is 3. The zero-order valence-electron chi connectivity index (χ0n) is 18.8. The number of carboxylic acid groups (broad SMARTS) is 1. The maximum atomic E-state index is 13.4. The summed E-state index contributed by atoms with van der Waals surface area (Å²) in [5, 5.41) is 13.2. The Labute approximate surface area is 207 Å². The average molecular weight is 485 g/mol. The first-order valence-electron chi connectivity index (χ1n) is 11.4. The van der Waals surface area contributed by atoms with Gasteiger partial charge in [0, 0.05) is 11.4 Å². The Morgan fingerprint density at radius 1 is 0.914 bits per heavy atom. The fourth-order valence-electron chi connectivity index (χ4n) is 4.88. The Kier molecular flexibility index (Phi) is 6.17. The number of nitrogens with one attached hydrogen (secondary N) is 1. The minimum absolute atomic E-state index is 0.178. The molecule has 5 rings (SSSR count). The Bertz CT molecular complexity index is 1240. The predicted molar refractivity (Wildman–Crippen MR) is 135 cm³/mol. The lowest BCUT2D eigenvalue weighted by molar-refractivity contribution is -0.149. The third-order valence-corrected chi connectivity index (χ3v) is 7.67. The number of benzene rings is 3. The van der Waals surface area contributed by atoms with Gasteiger partial charge in [-0.05, 0) is 16.7 Å². The zero-order valence-corrected chi connectivity index (χ0v) is 19.7. The standard InChI is InChI=1S/C28H24N2O4S/c31-23(18-19-10-4-1-5-11-19)29-24-25(32)30-22(16-17-35-26(24)30)28(27(33)34,20-12-6-2-7-13-20)21-14-8-3-9-15-21/h1-16,24,26H,17-18H2,(H,29,31)(H,33,34). The van der Waals surface area contributed by atoms with E-state index in [2.05, 4.69) is 5.32 Å². The summed E-state index contributed by atoms with van der Waals surface area (Å²) in [4.78, 5) is 40.7. The van der Waals surface area contributed by atoms with Crippen molar-refractivity contribution in [3.63, 3.8) is 0 Å². The highest BCUT2D eigenvalue weighted by molar-refractivity contribution is 8.00. The molecule has 3 aromatic carbocycles. The van der Waals surface area contributed by atoms with E-state index < -0.39 is 17.4 Å². The summed E-state index contributed by atoms with van der Waals surface area (Å²) >= 11 is 1.52. The quantitative estimate of drug-likeness (QED) is 0.501. The molecule has 2 aliphatic heterocycles. The van der Waals surface area contributed by atoms with Crippen LogP contribution in [0.25, 0.3) is 0 Å². The van der Waals surface area contributed by atoms with E-state index in [1.807, 2.05) is 48.5 Å². The first-order chi connectivity index (χ1) is 17.0. The van der Waals surface area contributed by atoms with Crippen molar-refractivity contribution in [2.24, 2.45) is 0 Å². The van der Waals surface area contributed by atoms with Crippen molar-refractivity contribution in [2.45, 2.75) is 23.3 Å². The molecule has 0 spiro atoms. The molecule has 2 unspecified atom stereocenters. The first kappa shape index (κ1) is 22.9. The molecule has 6 nitrogen and oxygen atoms in total. The highest BCUT2D eigenvalue weighted by Crippen LogP contribution is 2.48. The summed E-state index contributed by atoms with van der Waals surface area (Å²) in [5.41, 5.74) is 0.865. The van der Waals surface area contributed by atoms with Crippen molar-refractivity contribution in [3.8, 4) is 0 Å². The van der Waals surface area contributed by atoms with Gasteiger partial charge >= 0.3 is 5.97 Å². The topological polar surface area (TPSA) is 86.7 Å². The van der Waals surface area contributed by atoms with Gasteiger partial charge in [-0.3, -0.25) is 19.3 Å². The molecule has 2 N–H and O–H groups in total. The molecule has 2 aliphatic rings. The number of aliphatic carboxylic acids is 1. The molecular formula is C28H24N2O4S. The molecule has 1 saturated heterocycles. The highest BCUT2D eigenvalue weighted by atomic mass is 32.2. The third kappa shape index (κ3) is 3.91. The normalized spacial score (nSPS) is 19.3. The lowest BCUT2D eigenvalue weighted by Gasteiger charge is -2.53. The number of hydrogen-bond acceptors (Lipinski definition) is 4. The fraction of sp³-hybridized carbons (Fsp3) is 0.179. The number of hydrogen-bond donors (Lipinski definition) is 2. The zero-order chi connectivity index (χ0) is 24.4. The van der Waals surface area contributed by atoms with Crippen LogP contribution < -0.4 is 5.32 Å². The lowest BCUT2D eigenvalue weighted by Crippen LogP contribution is -2.71. The van der Waals surface area contributed by atoms with Gasteiger partial charge < -0.3 is 10.4 Å². The van der Waals surface area contributed by atoms with Gasteiger partial charge in [-0.25, -0.2) is 0 Å². The number of β-lactam (4-membered cyclic amide) rings is 1. The second-order valence-corrected chi connectivity index (χ2v) is 9.67. The van der Waals surface area contributed by atoms with Crippen LogP contribution in [0.2, 0.25) is 0 Å². The van der Waals surface area contributed by atoms with Gasteiger partial charge in [0.15, 0.2) is 5.41 Å². The summed E-state index contributed by atoms with van der Waals surface area (Å²) in [6.07, 6.45) is 2.01. The number of thioether (sulfide) groups is 1. The van der Waals surface area contributed by atoms with Gasteiger partial charge in [0.25, 0.3) is 5.91 Å². The van der Waals surface area contributed by atoms with E-state index >= 15 is 0 Å². The Hall–Kier alpha value is -3.84. The minimum atomic E-state index is -1.56. The van der Waals surface area contributed by atoms with Crippen LogP contribution in [0.4, 0.5) is 0 Å². The van der Waals surface area contributed by atoms with Crippen LogP contribution in [0.5, 0.6) is 0 Å². The summed E-state index contributed by atoms with van der Waals surface area (Å²) in [6.45, 7) is 0. The first-order valence-corrected chi connectivity index (χ1v) is 12.4. The Balaban J connectivity index is 1.48. The molecule has 1 fully saturated rings. The van der Waals surface area contributed by atoms with E-state index in [-0.39, 0.29) is 23.6 Å². The fourth-order valence-corrected chi connectivity index (χ4v) is 6.08. The van der Waals surface area contributed by atoms with Crippen LogP contribution in [0, 0.1) is 0 Å². The number of amides is 2. The second-order valence-electron chi connectivity index (χ2n) is 8.52. The van der Waals surface area contributed by atoms with E-state index in [9.17, 15) is 19.5 Å². The maximum absolute atomic E-state index is 13.4. The van der Waals surface area contributed by atoms with Crippen molar-refractivity contribution >= 4 is 29.5 Å². The maximum Gasteiger partial charge on any atom is 0.324 e. The molecule has 0 aromatic heterocycles. The van der Waals surface area contributed by atoms with E-state index in [1.54, 1.807) is 53.4 Å². The van der Waals surface area contributed by atoms with Crippen LogP contribution in [-0.2, 0) is 26.2 Å². The molecule has 2 amide bonds. The molecule has 7 heteroatoms. The summed E-state index contributed by atoms with van der Waals surface area (Å²) in [5.74, 6) is -1.06. The van der Waals surface area contributed by atoms with Crippen LogP contribution >= 0.6 is 11.8 Å². The molecular weight excluding hydrogens is 460 g/mol. The van der Waals surface area contributed by atoms with Crippen molar-refractivity contribution in [1.29, 1.82) is 0 Å². The molecule has 176 valence electrons. The van der Waals surface area contributed by atoms with E-state index in [0.717, 1.165) is 5.56 Å². The smallest absolute Gasteiger partial charge is 0.324 e. The molecule has 35 heavy (non-hydrogen) atoms. The monoisotopic (exact) mass is 484 g/mol. The molecule has 0 saturated carbocycles. The van der Waals surface area contributed by atoms with Crippen LogP contribution in [0.3, 0.4) is 0 Å². The van der Waals surface area contributed by atoms with Crippen LogP contribution in [0.15, 0.2) is 103 Å². The second kappa shape index (κ2) is 9.43. The molecule has 0 bridgehead atoms. The third-order valence-electron chi connectivity index (χ3n) is 6.49. The van der Waals surface area contributed by atoms with E-state index in [4.69, 9.17) is 0 Å². The van der Waals surface area contributed by atoms with Crippen LogP contribution in [0.1, 0.15) is 16.7 Å². The number of nitrogens with zero attached hydrogens (tertiary/aromatic N) is 1. The van der Waals surface area contributed by atoms with Gasteiger partial charge in [0.1, 0.15) is 11.4 Å². The molecule has 0 aliphatic carbocycles. The molecule has 0 radical (unpaired) electrons. The minimum Gasteiger partial charge on any atom is -0.480 e. The number of fused-ring (bicyclic) bond motifs is 1. The lowest BCUT2D eigenvalue weighted by atomic mass is 9.70. The van der Waals surface area contributed by atoms with Crippen molar-refractivity contribution in [1.82, 2.24) is 10.2 Å². The van der Waals surface area contributed by atoms with Crippen molar-refractivity contribution < 1.29 is 19.5 Å². The van der Waals surface area contributed by atoms with Gasteiger partial charge in [0.2, 0.25) is 5.91 Å². The van der Waals surface area contributed by atoms with Crippen molar-refractivity contribution in [2.75, 3.05) is 5.75 Å². The Morgan fingerprint density at radius 2 is 1.46 bits per heavy atom. The SMILES string of the molecule is O=C(Cc1ccccc1)NC1C(=O)N2C(C(C(=O)O)(c3ccccc3)c3ccccc3)=CCSC12.